The van der Waals surface area contributed by atoms with Crippen LogP contribution in [0, 0.1) is 12.8 Å². The second-order valence-electron chi connectivity index (χ2n) is 4.79. The summed E-state index contributed by atoms with van der Waals surface area (Å²) in [6, 6.07) is 3.57. The van der Waals surface area contributed by atoms with Crippen LogP contribution in [-0.4, -0.2) is 32.4 Å². The van der Waals surface area contributed by atoms with Crippen molar-refractivity contribution >= 4 is 21.4 Å². The largest absolute Gasteiger partial charge is 0.330 e. The number of sulfonamides is 1. The molecule has 0 spiro atoms. The number of piperidine rings is 1. The summed E-state index contributed by atoms with van der Waals surface area (Å²) >= 11 is 1.35. The standard InChI is InChI=1S/C12H20N2O2S2/c1-10-2-3-12(17-10)18(15,16)14-8-5-11(4-7-13)6-9-14/h2-3,11H,4-9,13H2,1H3. The number of nitrogens with zero attached hydrogens (tertiary/aromatic N) is 1. The smallest absolute Gasteiger partial charge is 0.252 e. The molecule has 102 valence electrons. The van der Waals surface area contributed by atoms with Crippen LogP contribution in [-0.2, 0) is 10.0 Å². The third-order valence-electron chi connectivity index (χ3n) is 3.46. The fourth-order valence-electron chi connectivity index (χ4n) is 2.35. The van der Waals surface area contributed by atoms with Crippen molar-refractivity contribution in [3.63, 3.8) is 0 Å². The molecular weight excluding hydrogens is 268 g/mol. The van der Waals surface area contributed by atoms with Gasteiger partial charge in [-0.25, -0.2) is 8.42 Å². The van der Waals surface area contributed by atoms with Crippen LogP contribution < -0.4 is 5.73 Å². The maximum atomic E-state index is 12.4. The fraction of sp³-hybridized carbons (Fsp3) is 0.667. The summed E-state index contributed by atoms with van der Waals surface area (Å²) < 4.78 is 26.8. The highest BCUT2D eigenvalue weighted by Crippen LogP contribution is 2.28. The minimum absolute atomic E-state index is 0.470. The Balaban J connectivity index is 2.05. The third-order valence-corrected chi connectivity index (χ3v) is 6.82. The SMILES string of the molecule is Cc1ccc(S(=O)(=O)N2CCC(CCN)CC2)s1. The van der Waals surface area contributed by atoms with Gasteiger partial charge in [-0.2, -0.15) is 4.31 Å². The van der Waals surface area contributed by atoms with Crippen LogP contribution in [0.3, 0.4) is 0 Å². The van der Waals surface area contributed by atoms with E-state index in [1.807, 2.05) is 13.0 Å². The highest BCUT2D eigenvalue weighted by Gasteiger charge is 2.29. The molecule has 1 fully saturated rings. The zero-order valence-electron chi connectivity index (χ0n) is 10.6. The Hall–Kier alpha value is -0.430. The third kappa shape index (κ3) is 2.93. The Kier molecular flexibility index (Phi) is 4.42. The molecule has 4 nitrogen and oxygen atoms in total. The molecule has 0 atom stereocenters. The Morgan fingerprint density at radius 3 is 2.56 bits per heavy atom. The molecule has 2 rings (SSSR count). The molecule has 2 N–H and O–H groups in total. The van der Waals surface area contributed by atoms with E-state index >= 15 is 0 Å². The lowest BCUT2D eigenvalue weighted by molar-refractivity contribution is 0.266. The maximum absolute atomic E-state index is 12.4. The first-order valence-electron chi connectivity index (χ1n) is 6.30. The van der Waals surface area contributed by atoms with Gasteiger partial charge in [-0.3, -0.25) is 0 Å². The monoisotopic (exact) mass is 288 g/mol. The summed E-state index contributed by atoms with van der Waals surface area (Å²) in [4.78, 5) is 1.03. The zero-order chi connectivity index (χ0) is 13.2. The van der Waals surface area contributed by atoms with Crippen molar-refractivity contribution in [2.45, 2.75) is 30.4 Å². The molecule has 0 aliphatic carbocycles. The van der Waals surface area contributed by atoms with E-state index < -0.39 is 10.0 Å². The van der Waals surface area contributed by atoms with Gasteiger partial charge in [-0.1, -0.05) is 0 Å². The zero-order valence-corrected chi connectivity index (χ0v) is 12.3. The van der Waals surface area contributed by atoms with Crippen molar-refractivity contribution in [1.29, 1.82) is 0 Å². The Morgan fingerprint density at radius 1 is 1.39 bits per heavy atom. The van der Waals surface area contributed by atoms with E-state index in [1.165, 1.54) is 11.3 Å². The van der Waals surface area contributed by atoms with Crippen LogP contribution in [0.25, 0.3) is 0 Å². The molecule has 6 heteroatoms. The quantitative estimate of drug-likeness (QED) is 0.919. The summed E-state index contributed by atoms with van der Waals surface area (Å²) in [7, 11) is -3.26. The summed E-state index contributed by atoms with van der Waals surface area (Å²) in [6.45, 7) is 3.88. The molecule has 1 saturated heterocycles. The van der Waals surface area contributed by atoms with Gasteiger partial charge in [-0.15, -0.1) is 11.3 Å². The van der Waals surface area contributed by atoms with Crippen molar-refractivity contribution in [3.8, 4) is 0 Å². The molecule has 0 aromatic carbocycles. The number of thiophene rings is 1. The molecule has 0 bridgehead atoms. The van der Waals surface area contributed by atoms with Gasteiger partial charge in [0.25, 0.3) is 10.0 Å². The summed E-state index contributed by atoms with van der Waals surface area (Å²) in [5.41, 5.74) is 5.54. The van der Waals surface area contributed by atoms with Gasteiger partial charge in [0, 0.05) is 18.0 Å². The molecule has 1 aliphatic rings. The number of rotatable bonds is 4. The predicted octanol–water partition coefficient (Wildman–Crippen LogP) is 1.81. The molecule has 0 amide bonds. The first-order chi connectivity index (χ1) is 8.54. The van der Waals surface area contributed by atoms with Crippen LogP contribution in [0.5, 0.6) is 0 Å². The normalized spacial score (nSPS) is 19.2. The predicted molar refractivity (Wildman–Crippen MR) is 74.2 cm³/mol. The van der Waals surface area contributed by atoms with E-state index in [4.69, 9.17) is 5.73 Å². The van der Waals surface area contributed by atoms with Gasteiger partial charge in [-0.05, 0) is 50.8 Å². The van der Waals surface area contributed by atoms with Crippen LogP contribution in [0.15, 0.2) is 16.3 Å². The molecule has 1 aromatic heterocycles. The molecule has 1 aliphatic heterocycles. The van der Waals surface area contributed by atoms with Gasteiger partial charge in [0.15, 0.2) is 0 Å². The first-order valence-corrected chi connectivity index (χ1v) is 8.56. The molecule has 2 heterocycles. The molecule has 0 radical (unpaired) electrons. The highest BCUT2D eigenvalue weighted by molar-refractivity contribution is 7.91. The number of nitrogens with two attached hydrogens (primary N) is 1. The second kappa shape index (κ2) is 5.69. The van der Waals surface area contributed by atoms with Gasteiger partial charge in [0.1, 0.15) is 4.21 Å². The van der Waals surface area contributed by atoms with Crippen molar-refractivity contribution in [3.05, 3.63) is 17.0 Å². The van der Waals surface area contributed by atoms with Crippen LogP contribution in [0.1, 0.15) is 24.1 Å². The van der Waals surface area contributed by atoms with E-state index in [1.54, 1.807) is 10.4 Å². The van der Waals surface area contributed by atoms with E-state index in [-0.39, 0.29) is 0 Å². The minimum Gasteiger partial charge on any atom is -0.330 e. The minimum atomic E-state index is -3.26. The topological polar surface area (TPSA) is 63.4 Å². The lowest BCUT2D eigenvalue weighted by atomic mass is 9.95. The van der Waals surface area contributed by atoms with Gasteiger partial charge in [0.05, 0.1) is 0 Å². The summed E-state index contributed by atoms with van der Waals surface area (Å²) in [6.07, 6.45) is 2.87. The van der Waals surface area contributed by atoms with Gasteiger partial charge in [0.2, 0.25) is 0 Å². The average molecular weight is 288 g/mol. The maximum Gasteiger partial charge on any atom is 0.252 e. The first kappa shape index (κ1) is 14.0. The van der Waals surface area contributed by atoms with E-state index in [9.17, 15) is 8.42 Å². The van der Waals surface area contributed by atoms with Crippen LogP contribution >= 0.6 is 11.3 Å². The second-order valence-corrected chi connectivity index (χ2v) is 8.24. The van der Waals surface area contributed by atoms with E-state index in [0.29, 0.717) is 29.8 Å². The summed E-state index contributed by atoms with van der Waals surface area (Å²) in [5.74, 6) is 0.589. The van der Waals surface area contributed by atoms with Gasteiger partial charge < -0.3 is 5.73 Å². The lowest BCUT2D eigenvalue weighted by Gasteiger charge is -2.30. The van der Waals surface area contributed by atoms with Crippen molar-refractivity contribution in [1.82, 2.24) is 4.31 Å². The number of hydrogen-bond donors (Lipinski definition) is 1. The van der Waals surface area contributed by atoms with Crippen molar-refractivity contribution < 1.29 is 8.42 Å². The molecule has 18 heavy (non-hydrogen) atoms. The average Bonchev–Trinajstić information content (AvgIpc) is 2.78. The Bertz CT molecular complexity index is 488. The van der Waals surface area contributed by atoms with Gasteiger partial charge >= 0.3 is 0 Å². The van der Waals surface area contributed by atoms with Crippen LogP contribution in [0.4, 0.5) is 0 Å². The molecular formula is C12H20N2O2S2. The van der Waals surface area contributed by atoms with E-state index in [0.717, 1.165) is 24.1 Å². The van der Waals surface area contributed by atoms with Crippen molar-refractivity contribution in [2.24, 2.45) is 11.7 Å². The highest BCUT2D eigenvalue weighted by atomic mass is 32.2. The summed E-state index contributed by atoms with van der Waals surface area (Å²) in [5, 5.41) is 0. The van der Waals surface area contributed by atoms with Crippen LogP contribution in [0.2, 0.25) is 0 Å². The van der Waals surface area contributed by atoms with Crippen molar-refractivity contribution in [2.75, 3.05) is 19.6 Å². The lowest BCUT2D eigenvalue weighted by Crippen LogP contribution is -2.38. The number of hydrogen-bond acceptors (Lipinski definition) is 4. The number of aryl methyl sites for hydroxylation is 1. The molecule has 1 aromatic rings. The molecule has 0 saturated carbocycles. The fourth-order valence-corrected chi connectivity index (χ4v) is 5.26. The molecule has 0 unspecified atom stereocenters. The Morgan fingerprint density at radius 2 is 2.06 bits per heavy atom. The van der Waals surface area contributed by atoms with E-state index in [2.05, 4.69) is 0 Å². The Labute approximate surface area is 113 Å².